The molecule has 24 heavy (non-hydrogen) atoms. The number of methoxy groups -OCH3 is 1. The van der Waals surface area contributed by atoms with Crippen molar-refractivity contribution >= 4 is 34.5 Å². The Morgan fingerprint density at radius 1 is 1.25 bits per heavy atom. The van der Waals surface area contributed by atoms with Crippen molar-refractivity contribution in [1.29, 1.82) is 0 Å². The van der Waals surface area contributed by atoms with E-state index < -0.39 is 0 Å². The average Bonchev–Trinajstić information content (AvgIpc) is 3.28. The van der Waals surface area contributed by atoms with E-state index in [0.717, 1.165) is 28.5 Å². The maximum atomic E-state index is 5.60. The summed E-state index contributed by atoms with van der Waals surface area (Å²) in [4.78, 5) is 8.42. The summed E-state index contributed by atoms with van der Waals surface area (Å²) in [6.45, 7) is 4.31. The molecule has 2 aromatic rings. The van der Waals surface area contributed by atoms with E-state index in [1.165, 1.54) is 34.6 Å². The van der Waals surface area contributed by atoms with Crippen LogP contribution in [0.15, 0.2) is 45.9 Å². The predicted molar refractivity (Wildman–Crippen MR) is 107 cm³/mol. The lowest BCUT2D eigenvalue weighted by molar-refractivity contribution is 0.416. The van der Waals surface area contributed by atoms with E-state index in [1.807, 2.05) is 0 Å². The molecule has 0 unspecified atom stereocenters. The third-order valence-corrected chi connectivity index (χ3v) is 6.16. The quantitative estimate of drug-likeness (QED) is 0.499. The van der Waals surface area contributed by atoms with Crippen LogP contribution in [0.25, 0.3) is 15.8 Å². The van der Waals surface area contributed by atoms with Gasteiger partial charge >= 0.3 is 0 Å². The lowest BCUT2D eigenvalue weighted by Gasteiger charge is -2.04. The van der Waals surface area contributed by atoms with Crippen molar-refractivity contribution in [2.24, 2.45) is 4.99 Å². The number of rotatable bonds is 7. The first-order chi connectivity index (χ1) is 11.7. The normalized spacial score (nSPS) is 15.7. The van der Waals surface area contributed by atoms with Crippen LogP contribution in [0, 0.1) is 0 Å². The van der Waals surface area contributed by atoms with Gasteiger partial charge in [-0.1, -0.05) is 25.8 Å². The summed E-state index contributed by atoms with van der Waals surface area (Å²) in [6, 6.07) is 6.37. The molecular formula is C20H23NOS2. The van der Waals surface area contributed by atoms with E-state index in [9.17, 15) is 0 Å². The van der Waals surface area contributed by atoms with E-state index >= 15 is 0 Å². The van der Waals surface area contributed by atoms with Gasteiger partial charge in [0, 0.05) is 21.5 Å². The summed E-state index contributed by atoms with van der Waals surface area (Å²) in [7, 11) is 1.74. The molecule has 0 fully saturated rings. The molecule has 3 heterocycles. The summed E-state index contributed by atoms with van der Waals surface area (Å²) in [5.74, 6) is 0.934. The fourth-order valence-corrected chi connectivity index (χ4v) is 4.71. The first kappa shape index (κ1) is 17.2. The van der Waals surface area contributed by atoms with E-state index in [4.69, 9.17) is 9.73 Å². The number of hydrogen-bond donors (Lipinski definition) is 0. The summed E-state index contributed by atoms with van der Waals surface area (Å²) in [5.41, 5.74) is 3.55. The van der Waals surface area contributed by atoms with Gasteiger partial charge in [-0.2, -0.15) is 0 Å². The number of ether oxygens (including phenoxy) is 1. The first-order valence-electron chi connectivity index (χ1n) is 8.41. The number of hydrogen-bond acceptors (Lipinski definition) is 4. The zero-order chi connectivity index (χ0) is 16.9. The van der Waals surface area contributed by atoms with Gasteiger partial charge < -0.3 is 4.74 Å². The second-order valence-electron chi connectivity index (χ2n) is 5.93. The summed E-state index contributed by atoms with van der Waals surface area (Å²) >= 11 is 3.53. The minimum Gasteiger partial charge on any atom is -0.495 e. The molecular weight excluding hydrogens is 334 g/mol. The van der Waals surface area contributed by atoms with Gasteiger partial charge in [-0.25, -0.2) is 0 Å². The van der Waals surface area contributed by atoms with Crippen molar-refractivity contribution in [1.82, 2.24) is 0 Å². The number of aliphatic imine (C=N–C) groups is 1. The van der Waals surface area contributed by atoms with Crippen LogP contribution in [0.2, 0.25) is 0 Å². The maximum absolute atomic E-state index is 5.60. The van der Waals surface area contributed by atoms with Crippen molar-refractivity contribution in [3.8, 4) is 15.5 Å². The molecule has 0 saturated heterocycles. The molecule has 0 N–H and O–H groups in total. The molecule has 0 aliphatic carbocycles. The van der Waals surface area contributed by atoms with E-state index in [2.05, 4.69) is 49.6 Å². The molecule has 4 heteroatoms. The average molecular weight is 358 g/mol. The standard InChI is InChI=1S/C20H23NOS2/c1-4-5-6-8-15-11-14(2)21-16(15)12-19-17(22-3)13-20(24-19)18-9-7-10-23-18/h7,9-13H,4-6,8H2,1-3H3/b16-12+. The number of allylic oxidation sites excluding steroid dienone is 2. The fraction of sp³-hybridized carbons (Fsp3) is 0.350. The Balaban J connectivity index is 1.88. The van der Waals surface area contributed by atoms with Gasteiger partial charge in [0.25, 0.3) is 0 Å². The predicted octanol–water partition coefficient (Wildman–Crippen LogP) is 6.81. The van der Waals surface area contributed by atoms with Gasteiger partial charge in [0.1, 0.15) is 5.75 Å². The lowest BCUT2D eigenvalue weighted by atomic mass is 10.0. The van der Waals surface area contributed by atoms with Gasteiger partial charge in [0.05, 0.1) is 17.7 Å². The van der Waals surface area contributed by atoms with E-state index in [-0.39, 0.29) is 0 Å². The molecule has 0 radical (unpaired) electrons. The number of unbranched alkanes of at least 4 members (excludes halogenated alkanes) is 2. The fourth-order valence-electron chi connectivity index (χ4n) is 2.82. The van der Waals surface area contributed by atoms with Crippen LogP contribution in [0.3, 0.4) is 0 Å². The third-order valence-electron chi connectivity index (χ3n) is 4.04. The minimum atomic E-state index is 0.934. The Morgan fingerprint density at radius 2 is 2.12 bits per heavy atom. The van der Waals surface area contributed by atoms with Gasteiger partial charge in [0.2, 0.25) is 0 Å². The van der Waals surface area contributed by atoms with Crippen LogP contribution in [0.4, 0.5) is 0 Å². The first-order valence-corrected chi connectivity index (χ1v) is 10.1. The summed E-state index contributed by atoms with van der Waals surface area (Å²) in [6.07, 6.45) is 9.26. The van der Waals surface area contributed by atoms with E-state index in [1.54, 1.807) is 29.8 Å². The van der Waals surface area contributed by atoms with Crippen LogP contribution in [0.5, 0.6) is 5.75 Å². The second-order valence-corrected chi connectivity index (χ2v) is 7.96. The number of thiophene rings is 2. The van der Waals surface area contributed by atoms with Crippen LogP contribution in [-0.2, 0) is 0 Å². The Hall–Kier alpha value is -1.65. The molecule has 0 bridgehead atoms. The highest BCUT2D eigenvalue weighted by molar-refractivity contribution is 7.22. The van der Waals surface area contributed by atoms with E-state index in [0.29, 0.717) is 0 Å². The highest BCUT2D eigenvalue weighted by Crippen LogP contribution is 2.40. The van der Waals surface area contributed by atoms with Crippen molar-refractivity contribution in [2.45, 2.75) is 39.5 Å². The smallest absolute Gasteiger partial charge is 0.137 e. The Bertz CT molecular complexity index is 779. The lowest BCUT2D eigenvalue weighted by Crippen LogP contribution is -1.86. The minimum absolute atomic E-state index is 0.934. The molecule has 0 atom stereocenters. The molecule has 0 saturated carbocycles. The van der Waals surface area contributed by atoms with Crippen LogP contribution >= 0.6 is 22.7 Å². The molecule has 126 valence electrons. The van der Waals surface area contributed by atoms with Crippen molar-refractivity contribution in [3.63, 3.8) is 0 Å². The molecule has 1 aliphatic heterocycles. The second kappa shape index (κ2) is 7.95. The molecule has 2 nitrogen and oxygen atoms in total. The molecule has 2 aromatic heterocycles. The van der Waals surface area contributed by atoms with Gasteiger partial charge in [-0.3, -0.25) is 4.99 Å². The molecule has 0 spiro atoms. The van der Waals surface area contributed by atoms with Crippen LogP contribution in [-0.4, -0.2) is 12.8 Å². The summed E-state index contributed by atoms with van der Waals surface area (Å²) in [5, 5.41) is 2.11. The SMILES string of the molecule is CCCCCC1=CC(C)=N/C1=C/c1sc(-c2cccs2)cc1OC. The Morgan fingerprint density at radius 3 is 2.83 bits per heavy atom. The highest BCUT2D eigenvalue weighted by atomic mass is 32.1. The Kier molecular flexibility index (Phi) is 5.69. The van der Waals surface area contributed by atoms with Crippen LogP contribution < -0.4 is 4.74 Å². The van der Waals surface area contributed by atoms with Crippen LogP contribution in [0.1, 0.15) is 44.4 Å². The van der Waals surface area contributed by atoms with Crippen molar-refractivity contribution in [2.75, 3.05) is 7.11 Å². The highest BCUT2D eigenvalue weighted by Gasteiger charge is 2.15. The van der Waals surface area contributed by atoms with Gasteiger partial charge in [0.15, 0.2) is 0 Å². The Labute approximate surface area is 152 Å². The molecule has 1 aliphatic rings. The zero-order valence-electron chi connectivity index (χ0n) is 14.5. The molecule has 0 amide bonds. The summed E-state index contributed by atoms with van der Waals surface area (Å²) < 4.78 is 5.60. The molecule has 0 aromatic carbocycles. The van der Waals surface area contributed by atoms with Gasteiger partial charge in [-0.05, 0) is 48.9 Å². The zero-order valence-corrected chi connectivity index (χ0v) is 16.1. The number of nitrogens with zero attached hydrogens (tertiary/aromatic N) is 1. The maximum Gasteiger partial charge on any atom is 0.137 e. The van der Waals surface area contributed by atoms with Gasteiger partial charge in [-0.15, -0.1) is 22.7 Å². The third kappa shape index (κ3) is 3.87. The van der Waals surface area contributed by atoms with Crippen molar-refractivity contribution < 1.29 is 4.74 Å². The largest absolute Gasteiger partial charge is 0.495 e. The van der Waals surface area contributed by atoms with Crippen molar-refractivity contribution in [3.05, 3.63) is 45.8 Å². The monoisotopic (exact) mass is 357 g/mol. The molecule has 3 rings (SSSR count). The topological polar surface area (TPSA) is 21.6 Å².